The van der Waals surface area contributed by atoms with Crippen molar-refractivity contribution < 1.29 is 27.1 Å². The van der Waals surface area contributed by atoms with Crippen LogP contribution >= 0.6 is 0 Å². The van der Waals surface area contributed by atoms with Crippen LogP contribution in [0.4, 0.5) is 10.1 Å². The van der Waals surface area contributed by atoms with Crippen molar-refractivity contribution in [2.45, 2.75) is 30.6 Å². The molecule has 2 aromatic carbocycles. The maximum absolute atomic E-state index is 13.9. The van der Waals surface area contributed by atoms with Crippen LogP contribution in [0.1, 0.15) is 25.7 Å². The van der Waals surface area contributed by atoms with E-state index in [4.69, 9.17) is 9.47 Å². The predicted octanol–water partition coefficient (Wildman–Crippen LogP) is 3.66. The summed E-state index contributed by atoms with van der Waals surface area (Å²) in [6.45, 7) is 0.624. The summed E-state index contributed by atoms with van der Waals surface area (Å²) in [5, 5.41) is 2.84. The molecule has 0 bridgehead atoms. The van der Waals surface area contributed by atoms with Crippen LogP contribution in [0, 0.1) is 11.7 Å². The molecule has 1 aliphatic rings. The van der Waals surface area contributed by atoms with Gasteiger partial charge >= 0.3 is 0 Å². The third kappa shape index (κ3) is 5.54. The highest BCUT2D eigenvalue weighted by molar-refractivity contribution is 7.89. The van der Waals surface area contributed by atoms with Gasteiger partial charge in [-0.15, -0.1) is 0 Å². The third-order valence-electron chi connectivity index (χ3n) is 5.49. The molecule has 9 heteroatoms. The van der Waals surface area contributed by atoms with Gasteiger partial charge in [0, 0.05) is 25.6 Å². The number of nitrogens with zero attached hydrogens (tertiary/aromatic N) is 1. The number of sulfonamides is 1. The molecule has 1 N–H and O–H groups in total. The molecule has 0 spiro atoms. The maximum Gasteiger partial charge on any atom is 0.245 e. The van der Waals surface area contributed by atoms with Crippen LogP contribution in [0.3, 0.4) is 0 Å². The van der Waals surface area contributed by atoms with E-state index in [1.165, 1.54) is 29.6 Å². The number of halogens is 1. The highest BCUT2D eigenvalue weighted by atomic mass is 32.2. The molecular formula is C22H27FN2O5S. The number of hydrogen-bond donors (Lipinski definition) is 1. The highest BCUT2D eigenvalue weighted by Gasteiger charge is 2.31. The predicted molar refractivity (Wildman–Crippen MR) is 115 cm³/mol. The molecule has 1 fully saturated rings. The van der Waals surface area contributed by atoms with Crippen LogP contribution in [-0.2, 0) is 14.8 Å². The lowest BCUT2D eigenvalue weighted by molar-refractivity contribution is -0.116. The molecule has 0 atom stereocenters. The topological polar surface area (TPSA) is 84.9 Å². The number of benzene rings is 2. The maximum atomic E-state index is 13.9. The molecule has 168 valence electrons. The van der Waals surface area contributed by atoms with Crippen molar-refractivity contribution in [2.75, 3.05) is 32.6 Å². The molecule has 0 unspecified atom stereocenters. The number of hydrogen-bond acceptors (Lipinski definition) is 5. The Hall–Kier alpha value is -2.65. The van der Waals surface area contributed by atoms with Gasteiger partial charge < -0.3 is 14.8 Å². The number of methoxy groups -OCH3 is 2. The molecule has 0 aliphatic carbocycles. The Labute approximate surface area is 182 Å². The van der Waals surface area contributed by atoms with Gasteiger partial charge in [-0.2, -0.15) is 4.31 Å². The van der Waals surface area contributed by atoms with E-state index in [0.29, 0.717) is 56.0 Å². The van der Waals surface area contributed by atoms with Gasteiger partial charge in [-0.1, -0.05) is 12.1 Å². The van der Waals surface area contributed by atoms with Crippen LogP contribution in [0.25, 0.3) is 0 Å². The molecule has 7 nitrogen and oxygen atoms in total. The first kappa shape index (κ1) is 23.0. The normalized spacial score (nSPS) is 15.5. The van der Waals surface area contributed by atoms with Crippen LogP contribution in [0.2, 0.25) is 0 Å². The van der Waals surface area contributed by atoms with Crippen molar-refractivity contribution in [1.29, 1.82) is 0 Å². The molecular weight excluding hydrogens is 423 g/mol. The van der Waals surface area contributed by atoms with E-state index in [-0.39, 0.29) is 16.7 Å². The first-order valence-corrected chi connectivity index (χ1v) is 11.6. The van der Waals surface area contributed by atoms with Crippen LogP contribution in [-0.4, -0.2) is 45.9 Å². The summed E-state index contributed by atoms with van der Waals surface area (Å²) in [7, 11) is -0.773. The first-order chi connectivity index (χ1) is 14.8. The molecule has 2 aromatic rings. The average molecular weight is 451 g/mol. The second kappa shape index (κ2) is 10.1. The largest absolute Gasteiger partial charge is 0.497 e. The van der Waals surface area contributed by atoms with Crippen molar-refractivity contribution in [2.24, 2.45) is 5.92 Å². The zero-order valence-electron chi connectivity index (χ0n) is 17.6. The number of carbonyl (C=O) groups excluding carboxylic acids is 1. The fourth-order valence-electron chi connectivity index (χ4n) is 3.69. The summed E-state index contributed by atoms with van der Waals surface area (Å²) < 4.78 is 51.1. The minimum Gasteiger partial charge on any atom is -0.497 e. The molecule has 0 aromatic heterocycles. The lowest BCUT2D eigenvalue weighted by Gasteiger charge is -2.31. The van der Waals surface area contributed by atoms with Crippen molar-refractivity contribution >= 4 is 21.6 Å². The zero-order chi connectivity index (χ0) is 22.4. The molecule has 1 aliphatic heterocycles. The standard InChI is InChI=1S/C22H27FN2O5S/c1-29-17-8-9-20(30-2)19(15-17)24-22(26)10-7-16-11-13-25(14-12-16)31(27,28)21-6-4-3-5-18(21)23/h3-6,8-9,15-16H,7,10-14H2,1-2H3,(H,24,26). The third-order valence-corrected chi connectivity index (χ3v) is 7.42. The lowest BCUT2D eigenvalue weighted by atomic mass is 9.93. The minimum absolute atomic E-state index is 0.145. The molecule has 0 radical (unpaired) electrons. The number of nitrogens with one attached hydrogen (secondary N) is 1. The SMILES string of the molecule is COc1ccc(OC)c(NC(=O)CCC2CCN(S(=O)(=O)c3ccccc3F)CC2)c1. The van der Waals surface area contributed by atoms with Gasteiger partial charge in [0.2, 0.25) is 15.9 Å². The molecule has 0 saturated carbocycles. The van der Waals surface area contributed by atoms with Gasteiger partial charge in [0.05, 0.1) is 19.9 Å². The zero-order valence-corrected chi connectivity index (χ0v) is 18.5. The Morgan fingerprint density at radius 1 is 1.13 bits per heavy atom. The molecule has 1 heterocycles. The summed E-state index contributed by atoms with van der Waals surface area (Å²) in [6, 6.07) is 10.6. The lowest BCUT2D eigenvalue weighted by Crippen LogP contribution is -2.38. The Kier molecular flexibility index (Phi) is 7.50. The fraction of sp³-hybridized carbons (Fsp3) is 0.409. The minimum atomic E-state index is -3.85. The van der Waals surface area contributed by atoms with E-state index in [1.54, 1.807) is 25.3 Å². The van der Waals surface area contributed by atoms with E-state index in [0.717, 1.165) is 6.07 Å². The number of amides is 1. The Balaban J connectivity index is 1.52. The highest BCUT2D eigenvalue weighted by Crippen LogP contribution is 2.30. The van der Waals surface area contributed by atoms with E-state index < -0.39 is 15.8 Å². The number of anilines is 1. The van der Waals surface area contributed by atoms with Crippen molar-refractivity contribution in [3.63, 3.8) is 0 Å². The molecule has 1 amide bonds. The summed E-state index contributed by atoms with van der Waals surface area (Å²) in [5.41, 5.74) is 0.539. The monoisotopic (exact) mass is 450 g/mol. The summed E-state index contributed by atoms with van der Waals surface area (Å²) in [6.07, 6.45) is 2.21. The summed E-state index contributed by atoms with van der Waals surface area (Å²) in [5.74, 6) is 0.493. The van der Waals surface area contributed by atoms with Crippen LogP contribution < -0.4 is 14.8 Å². The van der Waals surface area contributed by atoms with Crippen molar-refractivity contribution in [1.82, 2.24) is 4.31 Å². The van der Waals surface area contributed by atoms with E-state index in [1.807, 2.05) is 0 Å². The Morgan fingerprint density at radius 2 is 1.84 bits per heavy atom. The first-order valence-electron chi connectivity index (χ1n) is 10.1. The molecule has 3 rings (SSSR count). The van der Waals surface area contributed by atoms with Gasteiger partial charge in [0.15, 0.2) is 0 Å². The second-order valence-electron chi connectivity index (χ2n) is 7.43. The van der Waals surface area contributed by atoms with Gasteiger partial charge in [-0.3, -0.25) is 4.79 Å². The quantitative estimate of drug-likeness (QED) is 0.664. The molecule has 1 saturated heterocycles. The van der Waals surface area contributed by atoms with Crippen molar-refractivity contribution in [3.8, 4) is 11.5 Å². The van der Waals surface area contributed by atoms with Gasteiger partial charge in [-0.05, 0) is 49.4 Å². The molecule has 31 heavy (non-hydrogen) atoms. The van der Waals surface area contributed by atoms with Crippen LogP contribution in [0.15, 0.2) is 47.4 Å². The number of rotatable bonds is 8. The smallest absolute Gasteiger partial charge is 0.245 e. The van der Waals surface area contributed by atoms with E-state index >= 15 is 0 Å². The van der Waals surface area contributed by atoms with Crippen LogP contribution in [0.5, 0.6) is 11.5 Å². The number of piperidine rings is 1. The fourth-order valence-corrected chi connectivity index (χ4v) is 5.23. The Morgan fingerprint density at radius 3 is 2.48 bits per heavy atom. The number of ether oxygens (including phenoxy) is 2. The Bertz CT molecular complexity index is 1020. The van der Waals surface area contributed by atoms with E-state index in [9.17, 15) is 17.6 Å². The van der Waals surface area contributed by atoms with Crippen molar-refractivity contribution in [3.05, 3.63) is 48.3 Å². The summed E-state index contributed by atoms with van der Waals surface area (Å²) >= 11 is 0. The van der Waals surface area contributed by atoms with Gasteiger partial charge in [0.25, 0.3) is 0 Å². The van der Waals surface area contributed by atoms with E-state index in [2.05, 4.69) is 5.32 Å². The van der Waals surface area contributed by atoms with Gasteiger partial charge in [0.1, 0.15) is 22.2 Å². The summed E-state index contributed by atoms with van der Waals surface area (Å²) in [4.78, 5) is 12.1. The second-order valence-corrected chi connectivity index (χ2v) is 9.34. The number of carbonyl (C=O) groups is 1. The average Bonchev–Trinajstić information content (AvgIpc) is 2.78. The van der Waals surface area contributed by atoms with Gasteiger partial charge in [-0.25, -0.2) is 12.8 Å².